The van der Waals surface area contributed by atoms with E-state index in [0.717, 1.165) is 48.7 Å². The fourth-order valence-corrected chi connectivity index (χ4v) is 3.94. The highest BCUT2D eigenvalue weighted by Gasteiger charge is 2.19. The molecule has 0 aromatic carbocycles. The second kappa shape index (κ2) is 6.88. The maximum atomic E-state index is 6.01. The van der Waals surface area contributed by atoms with Crippen molar-refractivity contribution >= 4 is 28.8 Å². The van der Waals surface area contributed by atoms with Crippen LogP contribution in [0.2, 0.25) is 4.34 Å². The first-order valence-electron chi connectivity index (χ1n) is 7.81. The van der Waals surface area contributed by atoms with Crippen molar-refractivity contribution in [3.05, 3.63) is 52.2 Å². The third kappa shape index (κ3) is 3.43. The topological polar surface area (TPSA) is 50.1 Å². The van der Waals surface area contributed by atoms with Crippen molar-refractivity contribution in [2.45, 2.75) is 6.54 Å². The molecule has 1 aliphatic heterocycles. The summed E-state index contributed by atoms with van der Waals surface area (Å²) in [5.41, 5.74) is 0. The number of anilines is 1. The Labute approximate surface area is 149 Å². The third-order valence-electron chi connectivity index (χ3n) is 4.05. The van der Waals surface area contributed by atoms with Gasteiger partial charge in [-0.15, -0.1) is 11.3 Å². The largest absolute Gasteiger partial charge is 0.353 e. The van der Waals surface area contributed by atoms with Crippen molar-refractivity contribution in [2.24, 2.45) is 0 Å². The molecule has 0 saturated carbocycles. The van der Waals surface area contributed by atoms with E-state index in [4.69, 9.17) is 11.6 Å². The summed E-state index contributed by atoms with van der Waals surface area (Å²) in [5, 5.41) is 4.21. The summed E-state index contributed by atoms with van der Waals surface area (Å²) in [6.45, 7) is 4.85. The molecule has 1 fully saturated rings. The molecular formula is C16H17ClN6S. The number of rotatable bonds is 4. The van der Waals surface area contributed by atoms with E-state index in [1.165, 1.54) is 4.88 Å². The number of piperazine rings is 1. The molecular weight excluding hydrogens is 344 g/mol. The maximum Gasteiger partial charge on any atom is 0.173 e. The van der Waals surface area contributed by atoms with Gasteiger partial charge in [-0.1, -0.05) is 11.6 Å². The average molecular weight is 361 g/mol. The van der Waals surface area contributed by atoms with E-state index in [1.54, 1.807) is 28.4 Å². The molecule has 8 heteroatoms. The van der Waals surface area contributed by atoms with E-state index in [1.807, 2.05) is 24.5 Å². The van der Waals surface area contributed by atoms with Gasteiger partial charge in [-0.3, -0.25) is 9.88 Å². The smallest absolute Gasteiger partial charge is 0.173 e. The highest BCUT2D eigenvalue weighted by atomic mass is 35.5. The highest BCUT2D eigenvalue weighted by Crippen LogP contribution is 2.23. The number of thiophene rings is 1. The predicted octanol–water partition coefficient (Wildman–Crippen LogP) is 2.70. The predicted molar refractivity (Wildman–Crippen MR) is 96.0 cm³/mol. The second-order valence-corrected chi connectivity index (χ2v) is 7.45. The van der Waals surface area contributed by atoms with Crippen LogP contribution in [0.4, 0.5) is 5.82 Å². The Morgan fingerprint density at radius 3 is 2.62 bits per heavy atom. The van der Waals surface area contributed by atoms with Crippen LogP contribution in [-0.2, 0) is 6.54 Å². The second-order valence-electron chi connectivity index (χ2n) is 5.66. The van der Waals surface area contributed by atoms with Crippen molar-refractivity contribution in [1.29, 1.82) is 0 Å². The van der Waals surface area contributed by atoms with E-state index >= 15 is 0 Å². The van der Waals surface area contributed by atoms with E-state index in [-0.39, 0.29) is 0 Å². The van der Waals surface area contributed by atoms with Crippen LogP contribution < -0.4 is 4.90 Å². The molecule has 1 aliphatic rings. The Morgan fingerprint density at radius 2 is 1.92 bits per heavy atom. The van der Waals surface area contributed by atoms with Crippen LogP contribution >= 0.6 is 22.9 Å². The number of halogens is 1. The molecule has 3 aromatic heterocycles. The van der Waals surface area contributed by atoms with Crippen LogP contribution in [-0.4, -0.2) is 50.8 Å². The van der Waals surface area contributed by atoms with Crippen LogP contribution in [0.25, 0.3) is 5.82 Å². The zero-order valence-corrected chi connectivity index (χ0v) is 14.6. The van der Waals surface area contributed by atoms with Gasteiger partial charge < -0.3 is 4.90 Å². The molecule has 0 radical (unpaired) electrons. The Kier molecular flexibility index (Phi) is 4.46. The number of hydrogen-bond donors (Lipinski definition) is 0. The lowest BCUT2D eigenvalue weighted by Crippen LogP contribution is -2.46. The molecule has 0 atom stereocenters. The fraction of sp³-hybridized carbons (Fsp3) is 0.312. The highest BCUT2D eigenvalue weighted by molar-refractivity contribution is 7.16. The first kappa shape index (κ1) is 15.6. The van der Waals surface area contributed by atoms with Gasteiger partial charge in [0.2, 0.25) is 0 Å². The molecule has 0 bridgehead atoms. The molecule has 6 nitrogen and oxygen atoms in total. The van der Waals surface area contributed by atoms with Crippen molar-refractivity contribution in [2.75, 3.05) is 31.1 Å². The minimum atomic E-state index is 0.744. The quantitative estimate of drug-likeness (QED) is 0.716. The molecule has 0 N–H and O–H groups in total. The molecule has 0 aliphatic carbocycles. The third-order valence-corrected chi connectivity index (χ3v) is 5.27. The lowest BCUT2D eigenvalue weighted by atomic mass is 10.3. The molecule has 4 heterocycles. The standard InChI is InChI=1S/C16H17ClN6S/c17-14-3-2-13(24-14)12-21-6-8-22(9-7-21)15-10-18-11-16(20-15)23-5-1-4-19-23/h1-5,10-11H,6-9,12H2. The van der Waals surface area contributed by atoms with E-state index < -0.39 is 0 Å². The zero-order chi connectivity index (χ0) is 16.4. The summed E-state index contributed by atoms with van der Waals surface area (Å²) in [4.78, 5) is 15.0. The molecule has 0 unspecified atom stereocenters. The van der Waals surface area contributed by atoms with Crippen LogP contribution in [0.1, 0.15) is 4.88 Å². The lowest BCUT2D eigenvalue weighted by Gasteiger charge is -2.35. The molecule has 3 aromatic rings. The van der Waals surface area contributed by atoms with Gasteiger partial charge in [0.15, 0.2) is 5.82 Å². The summed E-state index contributed by atoms with van der Waals surface area (Å²) in [6.07, 6.45) is 7.16. The van der Waals surface area contributed by atoms with Gasteiger partial charge in [0, 0.05) is 50.0 Å². The van der Waals surface area contributed by atoms with Gasteiger partial charge in [-0.25, -0.2) is 9.67 Å². The Morgan fingerprint density at radius 1 is 1.08 bits per heavy atom. The summed E-state index contributed by atoms with van der Waals surface area (Å²) >= 11 is 7.66. The van der Waals surface area contributed by atoms with E-state index in [2.05, 4.69) is 30.9 Å². The number of hydrogen-bond acceptors (Lipinski definition) is 6. The Bertz CT molecular complexity index is 795. The van der Waals surface area contributed by atoms with Crippen LogP contribution in [0.5, 0.6) is 0 Å². The van der Waals surface area contributed by atoms with Crippen LogP contribution in [0.3, 0.4) is 0 Å². The minimum absolute atomic E-state index is 0.744. The first-order chi connectivity index (χ1) is 11.8. The minimum Gasteiger partial charge on any atom is -0.353 e. The van der Waals surface area contributed by atoms with Crippen molar-refractivity contribution in [3.8, 4) is 5.82 Å². The van der Waals surface area contributed by atoms with Crippen molar-refractivity contribution < 1.29 is 0 Å². The number of nitrogens with zero attached hydrogens (tertiary/aromatic N) is 6. The van der Waals surface area contributed by atoms with Gasteiger partial charge in [0.25, 0.3) is 0 Å². The summed E-state index contributed by atoms with van der Waals surface area (Å²) in [7, 11) is 0. The first-order valence-corrected chi connectivity index (χ1v) is 9.01. The molecule has 4 rings (SSSR count). The summed E-state index contributed by atoms with van der Waals surface area (Å²) in [5.74, 6) is 1.65. The summed E-state index contributed by atoms with van der Waals surface area (Å²) < 4.78 is 2.59. The Hall–Kier alpha value is -1.96. The zero-order valence-electron chi connectivity index (χ0n) is 13.0. The SMILES string of the molecule is Clc1ccc(CN2CCN(c3cncc(-n4cccn4)n3)CC2)s1. The van der Waals surface area contributed by atoms with E-state index in [9.17, 15) is 0 Å². The van der Waals surface area contributed by atoms with E-state index in [0.29, 0.717) is 0 Å². The van der Waals surface area contributed by atoms with Crippen molar-refractivity contribution in [1.82, 2.24) is 24.6 Å². The van der Waals surface area contributed by atoms with Gasteiger partial charge in [-0.2, -0.15) is 5.10 Å². The average Bonchev–Trinajstić information content (AvgIpc) is 3.28. The van der Waals surface area contributed by atoms with Crippen LogP contribution in [0.15, 0.2) is 43.0 Å². The monoisotopic (exact) mass is 360 g/mol. The van der Waals surface area contributed by atoms with Gasteiger partial charge in [-0.05, 0) is 18.2 Å². The molecule has 0 spiro atoms. The van der Waals surface area contributed by atoms with Gasteiger partial charge in [0.05, 0.1) is 16.7 Å². The van der Waals surface area contributed by atoms with Crippen LogP contribution in [0, 0.1) is 0 Å². The maximum absolute atomic E-state index is 6.01. The lowest BCUT2D eigenvalue weighted by molar-refractivity contribution is 0.251. The summed E-state index contributed by atoms with van der Waals surface area (Å²) in [6, 6.07) is 5.95. The Balaban J connectivity index is 1.40. The fourth-order valence-electron chi connectivity index (χ4n) is 2.80. The molecule has 24 heavy (non-hydrogen) atoms. The van der Waals surface area contributed by atoms with Crippen molar-refractivity contribution in [3.63, 3.8) is 0 Å². The molecule has 124 valence electrons. The normalized spacial score (nSPS) is 15.8. The molecule has 1 saturated heterocycles. The van der Waals surface area contributed by atoms with Gasteiger partial charge >= 0.3 is 0 Å². The van der Waals surface area contributed by atoms with Gasteiger partial charge in [0.1, 0.15) is 5.82 Å². The number of aromatic nitrogens is 4. The molecule has 0 amide bonds.